The van der Waals surface area contributed by atoms with Gasteiger partial charge in [-0.1, -0.05) is 29.3 Å². The Hall–Kier alpha value is -0.160. The summed E-state index contributed by atoms with van der Waals surface area (Å²) in [6.07, 6.45) is 3.81. The molecule has 0 amide bonds. The first-order chi connectivity index (χ1) is 7.60. The van der Waals surface area contributed by atoms with Crippen molar-refractivity contribution in [2.75, 3.05) is 5.33 Å². The average Bonchev–Trinajstić information content (AvgIpc) is 2.28. The molecule has 1 heterocycles. The Balaban J connectivity index is 2.95. The molecule has 0 saturated heterocycles. The summed E-state index contributed by atoms with van der Waals surface area (Å²) in [5.74, 6) is 1.26. The Bertz CT molecular complexity index is 403. The van der Waals surface area contributed by atoms with Crippen molar-refractivity contribution in [3.05, 3.63) is 26.8 Å². The van der Waals surface area contributed by atoms with Crippen molar-refractivity contribution in [1.82, 2.24) is 9.55 Å². The molecule has 0 spiro atoms. The van der Waals surface area contributed by atoms with Crippen LogP contribution < -0.4 is 5.56 Å². The van der Waals surface area contributed by atoms with E-state index in [-0.39, 0.29) is 5.56 Å². The van der Waals surface area contributed by atoms with Gasteiger partial charge in [-0.15, -0.1) is 0 Å². The Morgan fingerprint density at radius 3 is 2.81 bits per heavy atom. The third-order valence-corrected chi connectivity index (χ3v) is 4.02. The van der Waals surface area contributed by atoms with Crippen molar-refractivity contribution in [3.8, 4) is 0 Å². The third kappa shape index (κ3) is 3.42. The maximum Gasteiger partial charge on any atom is 0.267 e. The molecule has 16 heavy (non-hydrogen) atoms. The minimum Gasteiger partial charge on any atom is -0.296 e. The first-order valence-corrected chi connectivity index (χ1v) is 7.29. The van der Waals surface area contributed by atoms with Gasteiger partial charge in [0.25, 0.3) is 5.56 Å². The molecule has 0 aromatic carbocycles. The maximum absolute atomic E-state index is 11.9. The van der Waals surface area contributed by atoms with E-state index in [1.807, 2.05) is 6.92 Å². The molecule has 0 radical (unpaired) electrons. The molecule has 1 aromatic rings. The first-order valence-electron chi connectivity index (χ1n) is 5.38. The van der Waals surface area contributed by atoms with Crippen molar-refractivity contribution < 1.29 is 0 Å². The summed E-state index contributed by atoms with van der Waals surface area (Å²) in [5, 5.41) is 0.916. The molecule has 0 aliphatic heterocycles. The fraction of sp³-hybridized carbons (Fsp3) is 0.636. The van der Waals surface area contributed by atoms with Gasteiger partial charge in [0.15, 0.2) is 0 Å². The maximum atomic E-state index is 11.9. The largest absolute Gasteiger partial charge is 0.296 e. The van der Waals surface area contributed by atoms with E-state index in [0.29, 0.717) is 10.4 Å². The molecule has 0 aliphatic carbocycles. The summed E-state index contributed by atoms with van der Waals surface area (Å²) in [4.78, 5) is 16.1. The molecule has 1 atom stereocenters. The fourth-order valence-electron chi connectivity index (χ4n) is 1.65. The van der Waals surface area contributed by atoms with E-state index in [1.165, 1.54) is 0 Å². The SMILES string of the molecule is CCCC(CBr)Cn1c(C)ncc(Br)c1=O. The Morgan fingerprint density at radius 1 is 1.56 bits per heavy atom. The van der Waals surface area contributed by atoms with Crippen molar-refractivity contribution in [2.45, 2.75) is 33.2 Å². The van der Waals surface area contributed by atoms with Crippen LogP contribution in [0.4, 0.5) is 0 Å². The van der Waals surface area contributed by atoms with Crippen LogP contribution >= 0.6 is 31.9 Å². The standard InChI is InChI=1S/C11H16Br2N2O/c1-3-4-9(5-12)7-15-8(2)14-6-10(13)11(15)16/h6,9H,3-5,7H2,1-2H3. The van der Waals surface area contributed by atoms with Crippen LogP contribution in [-0.4, -0.2) is 14.9 Å². The number of nitrogens with zero attached hydrogens (tertiary/aromatic N) is 2. The molecule has 0 bridgehead atoms. The molecule has 0 fully saturated rings. The molecular formula is C11H16Br2N2O. The van der Waals surface area contributed by atoms with E-state index in [0.717, 1.165) is 30.5 Å². The molecular weight excluding hydrogens is 336 g/mol. The Morgan fingerprint density at radius 2 is 2.25 bits per heavy atom. The summed E-state index contributed by atoms with van der Waals surface area (Å²) in [6, 6.07) is 0. The molecule has 1 unspecified atom stereocenters. The number of alkyl halides is 1. The van der Waals surface area contributed by atoms with E-state index in [9.17, 15) is 4.79 Å². The van der Waals surface area contributed by atoms with Gasteiger partial charge in [-0.3, -0.25) is 9.36 Å². The van der Waals surface area contributed by atoms with Gasteiger partial charge < -0.3 is 0 Å². The lowest BCUT2D eigenvalue weighted by Gasteiger charge is -2.16. The number of rotatable bonds is 5. The Kier molecular flexibility index (Phi) is 5.69. The predicted octanol–water partition coefficient (Wildman–Crippen LogP) is 3.13. The van der Waals surface area contributed by atoms with Gasteiger partial charge in [-0.25, -0.2) is 4.98 Å². The van der Waals surface area contributed by atoms with Gasteiger partial charge in [-0.05, 0) is 35.2 Å². The van der Waals surface area contributed by atoms with Gasteiger partial charge in [0.1, 0.15) is 10.3 Å². The molecule has 0 saturated carbocycles. The average molecular weight is 352 g/mol. The topological polar surface area (TPSA) is 34.9 Å². The molecule has 0 aliphatic rings. The second kappa shape index (κ2) is 6.55. The minimum absolute atomic E-state index is 0.00885. The quantitative estimate of drug-likeness (QED) is 0.764. The third-order valence-electron chi connectivity index (χ3n) is 2.56. The van der Waals surface area contributed by atoms with Crippen molar-refractivity contribution >= 4 is 31.9 Å². The predicted molar refractivity (Wildman–Crippen MR) is 73.1 cm³/mol. The zero-order valence-corrected chi connectivity index (χ0v) is 12.7. The molecule has 3 nitrogen and oxygen atoms in total. The lowest BCUT2D eigenvalue weighted by molar-refractivity contribution is 0.436. The monoisotopic (exact) mass is 350 g/mol. The van der Waals surface area contributed by atoms with E-state index >= 15 is 0 Å². The van der Waals surface area contributed by atoms with Crippen LogP contribution in [0.3, 0.4) is 0 Å². The second-order valence-corrected chi connectivity index (χ2v) is 5.38. The van der Waals surface area contributed by atoms with Gasteiger partial charge in [-0.2, -0.15) is 0 Å². The summed E-state index contributed by atoms with van der Waals surface area (Å²) < 4.78 is 2.27. The van der Waals surface area contributed by atoms with Crippen LogP contribution in [0.15, 0.2) is 15.5 Å². The highest BCUT2D eigenvalue weighted by molar-refractivity contribution is 9.10. The number of halogens is 2. The summed E-state index contributed by atoms with van der Waals surface area (Å²) in [6.45, 7) is 4.76. The van der Waals surface area contributed by atoms with Crippen LogP contribution in [0, 0.1) is 12.8 Å². The molecule has 90 valence electrons. The summed E-state index contributed by atoms with van der Waals surface area (Å²) in [5.41, 5.74) is 0.00885. The molecule has 1 aromatic heterocycles. The summed E-state index contributed by atoms with van der Waals surface area (Å²) in [7, 11) is 0. The number of aromatic nitrogens is 2. The number of hydrogen-bond donors (Lipinski definition) is 0. The molecule has 0 N–H and O–H groups in total. The number of aryl methyl sites for hydroxylation is 1. The van der Waals surface area contributed by atoms with Crippen LogP contribution in [-0.2, 0) is 6.54 Å². The van der Waals surface area contributed by atoms with E-state index in [4.69, 9.17) is 0 Å². The highest BCUT2D eigenvalue weighted by Crippen LogP contribution is 2.13. The van der Waals surface area contributed by atoms with Crippen LogP contribution in [0.1, 0.15) is 25.6 Å². The highest BCUT2D eigenvalue weighted by atomic mass is 79.9. The number of hydrogen-bond acceptors (Lipinski definition) is 2. The van der Waals surface area contributed by atoms with Gasteiger partial charge >= 0.3 is 0 Å². The smallest absolute Gasteiger partial charge is 0.267 e. The van der Waals surface area contributed by atoms with Crippen LogP contribution in [0.2, 0.25) is 0 Å². The summed E-state index contributed by atoms with van der Waals surface area (Å²) >= 11 is 6.72. The fourth-order valence-corrected chi connectivity index (χ4v) is 2.49. The van der Waals surface area contributed by atoms with Gasteiger partial charge in [0.2, 0.25) is 0 Å². The van der Waals surface area contributed by atoms with Crippen molar-refractivity contribution in [2.24, 2.45) is 5.92 Å². The minimum atomic E-state index is 0.00885. The highest BCUT2D eigenvalue weighted by Gasteiger charge is 2.11. The molecule has 1 rings (SSSR count). The van der Waals surface area contributed by atoms with E-state index in [1.54, 1.807) is 10.8 Å². The second-order valence-electron chi connectivity index (χ2n) is 3.88. The first kappa shape index (κ1) is 13.9. The van der Waals surface area contributed by atoms with Gasteiger partial charge in [0.05, 0.1) is 0 Å². The van der Waals surface area contributed by atoms with E-state index < -0.39 is 0 Å². The van der Waals surface area contributed by atoms with Crippen molar-refractivity contribution in [1.29, 1.82) is 0 Å². The Labute approximate surface area is 113 Å². The lowest BCUT2D eigenvalue weighted by Crippen LogP contribution is -2.28. The van der Waals surface area contributed by atoms with E-state index in [2.05, 4.69) is 43.8 Å². The van der Waals surface area contributed by atoms with Crippen LogP contribution in [0.5, 0.6) is 0 Å². The lowest BCUT2D eigenvalue weighted by atomic mass is 10.1. The molecule has 5 heteroatoms. The van der Waals surface area contributed by atoms with Crippen molar-refractivity contribution in [3.63, 3.8) is 0 Å². The van der Waals surface area contributed by atoms with Gasteiger partial charge in [0, 0.05) is 18.1 Å². The zero-order chi connectivity index (χ0) is 12.1. The normalized spacial score (nSPS) is 12.8. The zero-order valence-electron chi connectivity index (χ0n) is 9.54. The van der Waals surface area contributed by atoms with Crippen LogP contribution in [0.25, 0.3) is 0 Å².